The van der Waals surface area contributed by atoms with Crippen LogP contribution in [0.25, 0.3) is 0 Å². The first kappa shape index (κ1) is 25.7. The fraction of sp³-hybridized carbons (Fsp3) is 0.462. The van der Waals surface area contributed by atoms with Gasteiger partial charge in [0, 0.05) is 30.9 Å². The maximum atomic E-state index is 13.0. The Labute approximate surface area is 203 Å². The maximum absolute atomic E-state index is 13.0. The summed E-state index contributed by atoms with van der Waals surface area (Å²) in [6.07, 6.45) is 1.55. The van der Waals surface area contributed by atoms with Gasteiger partial charge in [-0.1, -0.05) is 31.5 Å². The molecule has 8 heteroatoms. The van der Waals surface area contributed by atoms with Crippen LogP contribution in [0.15, 0.2) is 41.3 Å². The highest BCUT2D eigenvalue weighted by atomic mass is 32.2. The standard InChI is InChI=1S/C26H35N3O4S/c1-17(2)15-27-25(30)22-7-6-12-29(16-22)26(31)21-8-10-23(11-9-21)28-34(32,33)24-19(4)13-18(3)14-20(24)5/h8-11,13-14,17,22,28H,6-7,12,15-16H2,1-5H3,(H,27,30). The molecule has 1 saturated heterocycles. The van der Waals surface area contributed by atoms with E-state index in [2.05, 4.69) is 10.0 Å². The van der Waals surface area contributed by atoms with E-state index in [0.29, 0.717) is 47.9 Å². The minimum atomic E-state index is -3.76. The Hall–Kier alpha value is -2.87. The van der Waals surface area contributed by atoms with E-state index in [-0.39, 0.29) is 22.6 Å². The molecule has 0 saturated carbocycles. The Morgan fingerprint density at radius 2 is 1.68 bits per heavy atom. The average Bonchev–Trinajstić information content (AvgIpc) is 2.76. The van der Waals surface area contributed by atoms with Gasteiger partial charge in [0.25, 0.3) is 15.9 Å². The van der Waals surface area contributed by atoms with E-state index in [1.54, 1.807) is 43.0 Å². The van der Waals surface area contributed by atoms with E-state index in [9.17, 15) is 18.0 Å². The summed E-state index contributed by atoms with van der Waals surface area (Å²) >= 11 is 0. The van der Waals surface area contributed by atoms with Crippen molar-refractivity contribution in [3.8, 4) is 0 Å². The van der Waals surface area contributed by atoms with Gasteiger partial charge in [0.05, 0.1) is 10.8 Å². The van der Waals surface area contributed by atoms with Gasteiger partial charge in [-0.2, -0.15) is 0 Å². The van der Waals surface area contributed by atoms with Crippen LogP contribution >= 0.6 is 0 Å². The van der Waals surface area contributed by atoms with Crippen LogP contribution in [-0.4, -0.2) is 44.8 Å². The molecule has 0 spiro atoms. The van der Waals surface area contributed by atoms with Crippen LogP contribution in [0.3, 0.4) is 0 Å². The van der Waals surface area contributed by atoms with E-state index < -0.39 is 10.0 Å². The first-order valence-corrected chi connectivity index (χ1v) is 13.2. The molecule has 1 atom stereocenters. The van der Waals surface area contributed by atoms with Gasteiger partial charge in [0.1, 0.15) is 0 Å². The molecule has 34 heavy (non-hydrogen) atoms. The summed E-state index contributed by atoms with van der Waals surface area (Å²) in [7, 11) is -3.76. The van der Waals surface area contributed by atoms with Crippen LogP contribution in [0.2, 0.25) is 0 Å². The summed E-state index contributed by atoms with van der Waals surface area (Å²) < 4.78 is 28.6. The van der Waals surface area contributed by atoms with Gasteiger partial charge < -0.3 is 10.2 Å². The number of aryl methyl sites for hydroxylation is 3. The highest BCUT2D eigenvalue weighted by Crippen LogP contribution is 2.25. The van der Waals surface area contributed by atoms with Crippen molar-refractivity contribution in [2.24, 2.45) is 11.8 Å². The molecule has 7 nitrogen and oxygen atoms in total. The number of anilines is 1. The van der Waals surface area contributed by atoms with Crippen molar-refractivity contribution < 1.29 is 18.0 Å². The summed E-state index contributed by atoms with van der Waals surface area (Å²) in [5.74, 6) is 0.0159. The zero-order valence-corrected chi connectivity index (χ0v) is 21.5. The van der Waals surface area contributed by atoms with E-state index in [4.69, 9.17) is 0 Å². The summed E-state index contributed by atoms with van der Waals surface area (Å²) in [6, 6.07) is 10.1. The average molecular weight is 486 g/mol. The number of carbonyl (C=O) groups excluding carboxylic acids is 2. The predicted octanol–water partition coefficient (Wildman–Crippen LogP) is 4.04. The molecule has 2 amide bonds. The second-order valence-electron chi connectivity index (χ2n) is 9.64. The van der Waals surface area contributed by atoms with Crippen LogP contribution in [-0.2, 0) is 14.8 Å². The number of hydrogen-bond acceptors (Lipinski definition) is 4. The third kappa shape index (κ3) is 6.17. The lowest BCUT2D eigenvalue weighted by molar-refractivity contribution is -0.126. The highest BCUT2D eigenvalue weighted by Gasteiger charge is 2.29. The van der Waals surface area contributed by atoms with Crippen molar-refractivity contribution in [1.29, 1.82) is 0 Å². The first-order chi connectivity index (χ1) is 16.0. The number of nitrogens with one attached hydrogen (secondary N) is 2. The molecule has 3 rings (SSSR count). The van der Waals surface area contributed by atoms with Crippen molar-refractivity contribution in [2.75, 3.05) is 24.4 Å². The Bertz CT molecular complexity index is 1130. The second kappa shape index (κ2) is 10.6. The number of rotatable bonds is 7. The summed E-state index contributed by atoms with van der Waals surface area (Å²) in [5.41, 5.74) is 3.24. The molecule has 2 aromatic carbocycles. The lowest BCUT2D eigenvalue weighted by Crippen LogP contribution is -2.46. The van der Waals surface area contributed by atoms with Crippen molar-refractivity contribution >= 4 is 27.5 Å². The third-order valence-electron chi connectivity index (χ3n) is 6.02. The summed E-state index contributed by atoms with van der Waals surface area (Å²) in [6.45, 7) is 11.2. The number of amides is 2. The molecule has 2 aromatic rings. The zero-order chi connectivity index (χ0) is 25.0. The van der Waals surface area contributed by atoms with Crippen LogP contribution in [0.1, 0.15) is 53.7 Å². The molecule has 0 aromatic heterocycles. The van der Waals surface area contributed by atoms with Gasteiger partial charge >= 0.3 is 0 Å². The molecule has 1 unspecified atom stereocenters. The topological polar surface area (TPSA) is 95.6 Å². The minimum Gasteiger partial charge on any atom is -0.356 e. The van der Waals surface area contributed by atoms with Gasteiger partial charge in [-0.05, 0) is 74.9 Å². The van der Waals surface area contributed by atoms with Crippen molar-refractivity contribution in [1.82, 2.24) is 10.2 Å². The minimum absolute atomic E-state index is 0.00218. The number of nitrogens with zero attached hydrogens (tertiary/aromatic N) is 1. The van der Waals surface area contributed by atoms with Crippen LogP contribution in [0.5, 0.6) is 0 Å². The molecule has 1 heterocycles. The number of benzene rings is 2. The summed E-state index contributed by atoms with van der Waals surface area (Å²) in [4.78, 5) is 27.5. The number of hydrogen-bond donors (Lipinski definition) is 2. The molecular formula is C26H35N3O4S. The Morgan fingerprint density at radius 1 is 1.06 bits per heavy atom. The number of carbonyl (C=O) groups is 2. The summed E-state index contributed by atoms with van der Waals surface area (Å²) in [5, 5.41) is 2.96. The zero-order valence-electron chi connectivity index (χ0n) is 20.6. The highest BCUT2D eigenvalue weighted by molar-refractivity contribution is 7.92. The largest absolute Gasteiger partial charge is 0.356 e. The Morgan fingerprint density at radius 3 is 2.26 bits per heavy atom. The van der Waals surface area contributed by atoms with Gasteiger partial charge in [0.2, 0.25) is 5.91 Å². The predicted molar refractivity (Wildman–Crippen MR) is 134 cm³/mol. The Balaban J connectivity index is 1.68. The van der Waals surface area contributed by atoms with Crippen molar-refractivity contribution in [3.05, 3.63) is 58.7 Å². The lowest BCUT2D eigenvalue weighted by atomic mass is 9.96. The number of likely N-dealkylation sites (tertiary alicyclic amines) is 1. The van der Waals surface area contributed by atoms with E-state index in [0.717, 1.165) is 18.4 Å². The molecule has 1 aliphatic heterocycles. The maximum Gasteiger partial charge on any atom is 0.262 e. The van der Waals surface area contributed by atoms with E-state index in [1.165, 1.54) is 0 Å². The van der Waals surface area contributed by atoms with Crippen molar-refractivity contribution in [2.45, 2.75) is 52.4 Å². The van der Waals surface area contributed by atoms with Crippen LogP contribution in [0.4, 0.5) is 5.69 Å². The van der Waals surface area contributed by atoms with Gasteiger partial charge in [-0.15, -0.1) is 0 Å². The van der Waals surface area contributed by atoms with Gasteiger partial charge in [-0.3, -0.25) is 14.3 Å². The lowest BCUT2D eigenvalue weighted by Gasteiger charge is -2.32. The normalized spacial score (nSPS) is 16.4. The van der Waals surface area contributed by atoms with E-state index >= 15 is 0 Å². The van der Waals surface area contributed by atoms with Crippen LogP contribution < -0.4 is 10.0 Å². The number of sulfonamides is 1. The van der Waals surface area contributed by atoms with Crippen LogP contribution in [0, 0.1) is 32.6 Å². The molecule has 0 bridgehead atoms. The molecule has 0 aliphatic carbocycles. The molecular weight excluding hydrogens is 450 g/mol. The first-order valence-electron chi connectivity index (χ1n) is 11.8. The van der Waals surface area contributed by atoms with Gasteiger partial charge in [0.15, 0.2) is 0 Å². The number of piperidine rings is 1. The van der Waals surface area contributed by atoms with Gasteiger partial charge in [-0.25, -0.2) is 8.42 Å². The quantitative estimate of drug-likeness (QED) is 0.619. The molecule has 1 aliphatic rings. The van der Waals surface area contributed by atoms with Crippen molar-refractivity contribution in [3.63, 3.8) is 0 Å². The SMILES string of the molecule is Cc1cc(C)c(S(=O)(=O)Nc2ccc(C(=O)N3CCCC(C(=O)NCC(C)C)C3)cc2)c(C)c1. The molecule has 1 fully saturated rings. The third-order valence-corrected chi connectivity index (χ3v) is 7.71. The van der Waals surface area contributed by atoms with E-state index in [1.807, 2.05) is 32.9 Å². The smallest absolute Gasteiger partial charge is 0.262 e. The monoisotopic (exact) mass is 485 g/mol. The Kier molecular flexibility index (Phi) is 8.02. The molecule has 2 N–H and O–H groups in total. The second-order valence-corrected chi connectivity index (χ2v) is 11.3. The molecule has 184 valence electrons. The fourth-order valence-electron chi connectivity index (χ4n) is 4.48. The molecule has 0 radical (unpaired) electrons. The fourth-order valence-corrected chi connectivity index (χ4v) is 6.00.